The van der Waals surface area contributed by atoms with Crippen LogP contribution in [-0.4, -0.2) is 59.0 Å². The quantitative estimate of drug-likeness (QED) is 0.461. The fourth-order valence-corrected chi connectivity index (χ4v) is 3.82. The maximum atomic E-state index is 10.4. The van der Waals surface area contributed by atoms with Gasteiger partial charge in [0, 0.05) is 28.3 Å². The lowest BCUT2D eigenvalue weighted by atomic mass is 10.1. The molecule has 23 heavy (non-hydrogen) atoms. The van der Waals surface area contributed by atoms with Gasteiger partial charge in [-0.3, -0.25) is 4.57 Å². The van der Waals surface area contributed by atoms with E-state index in [-0.39, 0.29) is 5.82 Å². The topological polar surface area (TPSA) is 119 Å². The number of nitrogens with two attached hydrogens (primary N) is 1. The number of nitrogens with zero attached hydrogens (tertiary/aromatic N) is 4. The van der Waals surface area contributed by atoms with E-state index in [9.17, 15) is 10.2 Å². The predicted molar refractivity (Wildman–Crippen MR) is 96.0 cm³/mol. The predicted octanol–water partition coefficient (Wildman–Crippen LogP) is 0.774. The Labute approximate surface area is 151 Å². The first kappa shape index (κ1) is 17.1. The van der Waals surface area contributed by atoms with Crippen molar-refractivity contribution in [1.82, 2.24) is 19.5 Å². The Hall–Kier alpha value is -0.690. The summed E-state index contributed by atoms with van der Waals surface area (Å²) < 4.78 is 7.95. The highest BCUT2D eigenvalue weighted by atomic mass is 127. The van der Waals surface area contributed by atoms with Crippen LogP contribution in [0.1, 0.15) is 20.1 Å². The Morgan fingerprint density at radius 1 is 1.39 bits per heavy atom. The van der Waals surface area contributed by atoms with Crippen molar-refractivity contribution in [2.24, 2.45) is 0 Å². The standard InChI is InChI=1S/C13H18IN5O3S/c1-5(2)23-3-6-8(20)9(21)12(22-6)19-4-16-7-10(15)17-13(14)18-11(7)19/h4-6,8-9,12,20-21H,3H2,1-2H3,(H2,15,17,18)/t6-,8?,9?,12-/m1/s1. The van der Waals surface area contributed by atoms with Gasteiger partial charge in [-0.15, -0.1) is 0 Å². The molecule has 3 rings (SSSR count). The third-order valence-electron chi connectivity index (χ3n) is 3.63. The van der Waals surface area contributed by atoms with Crippen LogP contribution in [-0.2, 0) is 4.74 Å². The van der Waals surface area contributed by atoms with Crippen molar-refractivity contribution in [3.05, 3.63) is 10.2 Å². The van der Waals surface area contributed by atoms with Gasteiger partial charge in [-0.05, 0) is 5.25 Å². The molecule has 0 amide bonds. The van der Waals surface area contributed by atoms with Gasteiger partial charge in [0.15, 0.2) is 21.5 Å². The number of aliphatic hydroxyl groups excluding tert-OH is 2. The summed E-state index contributed by atoms with van der Waals surface area (Å²) in [6.07, 6.45) is -1.71. The van der Waals surface area contributed by atoms with E-state index in [0.717, 1.165) is 0 Å². The first-order chi connectivity index (χ1) is 10.9. The van der Waals surface area contributed by atoms with Gasteiger partial charge in [0.1, 0.15) is 17.7 Å². The lowest BCUT2D eigenvalue weighted by Crippen LogP contribution is -2.32. The van der Waals surface area contributed by atoms with Crippen LogP contribution in [0.2, 0.25) is 0 Å². The molecule has 0 aromatic carbocycles. The number of rotatable bonds is 4. The summed E-state index contributed by atoms with van der Waals surface area (Å²) >= 11 is 3.64. The molecule has 2 unspecified atom stereocenters. The largest absolute Gasteiger partial charge is 0.387 e. The van der Waals surface area contributed by atoms with Crippen molar-refractivity contribution >= 4 is 51.3 Å². The first-order valence-corrected chi connectivity index (χ1v) is 9.30. The van der Waals surface area contributed by atoms with Crippen molar-refractivity contribution in [2.75, 3.05) is 11.5 Å². The maximum absolute atomic E-state index is 10.4. The van der Waals surface area contributed by atoms with Crippen molar-refractivity contribution < 1.29 is 14.9 Å². The lowest BCUT2D eigenvalue weighted by molar-refractivity contribution is -0.0289. The summed E-state index contributed by atoms with van der Waals surface area (Å²) in [6, 6.07) is 0. The molecule has 0 saturated carbocycles. The van der Waals surface area contributed by atoms with Gasteiger partial charge in [0.05, 0.1) is 12.4 Å². The van der Waals surface area contributed by atoms with Crippen LogP contribution in [0.15, 0.2) is 6.33 Å². The number of ether oxygens (including phenoxy) is 1. The van der Waals surface area contributed by atoms with Gasteiger partial charge in [-0.25, -0.2) is 15.0 Å². The number of aliphatic hydroxyl groups is 2. The number of hydrogen-bond acceptors (Lipinski definition) is 8. The summed E-state index contributed by atoms with van der Waals surface area (Å²) in [4.78, 5) is 12.6. The van der Waals surface area contributed by atoms with Crippen LogP contribution < -0.4 is 5.73 Å². The molecule has 2 aromatic heterocycles. The number of hydrogen-bond donors (Lipinski definition) is 3. The normalized spacial score (nSPS) is 28.1. The van der Waals surface area contributed by atoms with Crippen LogP contribution in [0.5, 0.6) is 0 Å². The van der Waals surface area contributed by atoms with Crippen molar-refractivity contribution in [2.45, 2.75) is 43.6 Å². The third kappa shape index (κ3) is 3.27. The highest BCUT2D eigenvalue weighted by Gasteiger charge is 2.44. The zero-order valence-electron chi connectivity index (χ0n) is 12.6. The summed E-state index contributed by atoms with van der Waals surface area (Å²) in [5.74, 6) is 0.881. The van der Waals surface area contributed by atoms with E-state index < -0.39 is 24.5 Å². The monoisotopic (exact) mass is 451 g/mol. The van der Waals surface area contributed by atoms with E-state index in [1.807, 2.05) is 22.6 Å². The van der Waals surface area contributed by atoms with Gasteiger partial charge in [-0.2, -0.15) is 11.8 Å². The number of fused-ring (bicyclic) bond motifs is 1. The molecule has 2 aromatic rings. The Kier molecular flexibility index (Phi) is 4.97. The molecular weight excluding hydrogens is 433 g/mol. The number of nitrogen functional groups attached to an aromatic ring is 1. The van der Waals surface area contributed by atoms with Crippen LogP contribution in [0.4, 0.5) is 5.82 Å². The minimum Gasteiger partial charge on any atom is -0.387 e. The highest BCUT2D eigenvalue weighted by Crippen LogP contribution is 2.34. The zero-order valence-corrected chi connectivity index (χ0v) is 15.6. The average molecular weight is 451 g/mol. The van der Waals surface area contributed by atoms with Gasteiger partial charge in [0.25, 0.3) is 0 Å². The second kappa shape index (κ2) is 6.67. The zero-order chi connectivity index (χ0) is 16.7. The number of aromatic nitrogens is 4. The van der Waals surface area contributed by atoms with E-state index in [4.69, 9.17) is 10.5 Å². The number of anilines is 1. The molecule has 126 valence electrons. The smallest absolute Gasteiger partial charge is 0.194 e. The Morgan fingerprint density at radius 2 is 2.13 bits per heavy atom. The Morgan fingerprint density at radius 3 is 2.83 bits per heavy atom. The minimum absolute atomic E-state index is 0.276. The van der Waals surface area contributed by atoms with Crippen LogP contribution in [0.3, 0.4) is 0 Å². The number of halogens is 1. The molecule has 10 heteroatoms. The van der Waals surface area contributed by atoms with Gasteiger partial charge < -0.3 is 20.7 Å². The molecule has 1 aliphatic heterocycles. The van der Waals surface area contributed by atoms with Crippen LogP contribution in [0.25, 0.3) is 11.2 Å². The van der Waals surface area contributed by atoms with Crippen molar-refractivity contribution in [3.63, 3.8) is 0 Å². The third-order valence-corrected chi connectivity index (χ3v) is 5.30. The molecule has 0 aliphatic carbocycles. The first-order valence-electron chi connectivity index (χ1n) is 7.17. The lowest BCUT2D eigenvalue weighted by Gasteiger charge is -2.16. The van der Waals surface area contributed by atoms with Crippen molar-refractivity contribution in [3.8, 4) is 0 Å². The van der Waals surface area contributed by atoms with Crippen LogP contribution >= 0.6 is 34.4 Å². The minimum atomic E-state index is -1.06. The van der Waals surface area contributed by atoms with E-state index >= 15 is 0 Å². The van der Waals surface area contributed by atoms with E-state index in [0.29, 0.717) is 26.0 Å². The molecule has 4 N–H and O–H groups in total. The van der Waals surface area contributed by atoms with Gasteiger partial charge in [-0.1, -0.05) is 13.8 Å². The fourth-order valence-electron chi connectivity index (χ4n) is 2.48. The van der Waals surface area contributed by atoms with E-state index in [2.05, 4.69) is 28.8 Å². The second-order valence-electron chi connectivity index (χ2n) is 5.63. The van der Waals surface area contributed by atoms with Crippen molar-refractivity contribution in [1.29, 1.82) is 0 Å². The molecule has 1 fully saturated rings. The molecule has 3 heterocycles. The molecule has 1 aliphatic rings. The molecule has 0 bridgehead atoms. The summed E-state index contributed by atoms with van der Waals surface area (Å²) in [5.41, 5.74) is 6.79. The van der Waals surface area contributed by atoms with Gasteiger partial charge >= 0.3 is 0 Å². The molecule has 4 atom stereocenters. The number of thioether (sulfide) groups is 1. The molecule has 0 radical (unpaired) electrons. The maximum Gasteiger partial charge on any atom is 0.194 e. The Bertz CT molecular complexity index is 712. The summed E-state index contributed by atoms with van der Waals surface area (Å²) in [6.45, 7) is 4.15. The molecule has 8 nitrogen and oxygen atoms in total. The second-order valence-corrected chi connectivity index (χ2v) is 8.20. The average Bonchev–Trinajstić information content (AvgIpc) is 3.00. The summed E-state index contributed by atoms with van der Waals surface area (Å²) in [5, 5.41) is 21.0. The summed E-state index contributed by atoms with van der Waals surface area (Å²) in [7, 11) is 0. The number of imidazole rings is 1. The van der Waals surface area contributed by atoms with E-state index in [1.54, 1.807) is 16.3 Å². The fraction of sp³-hybridized carbons (Fsp3) is 0.615. The molecule has 0 spiro atoms. The van der Waals surface area contributed by atoms with E-state index in [1.165, 1.54) is 6.33 Å². The van der Waals surface area contributed by atoms with Crippen LogP contribution in [0, 0.1) is 3.83 Å². The SMILES string of the molecule is CC(C)SC[C@H]1O[C@@H](n2cnc3c(N)nc(I)nc32)C(O)C1O. The molecule has 1 saturated heterocycles. The Balaban J connectivity index is 1.90. The highest BCUT2D eigenvalue weighted by molar-refractivity contribution is 14.1. The molecular formula is C13H18IN5O3S. The van der Waals surface area contributed by atoms with Gasteiger partial charge in [0.2, 0.25) is 0 Å².